The molecule has 0 atom stereocenters. The van der Waals surface area contributed by atoms with E-state index < -0.39 is 0 Å². The third kappa shape index (κ3) is 3.96. The van der Waals surface area contributed by atoms with E-state index in [9.17, 15) is 0 Å². The fourth-order valence-electron chi connectivity index (χ4n) is 2.64. The Labute approximate surface area is 129 Å². The lowest BCUT2D eigenvalue weighted by atomic mass is 10.1. The van der Waals surface area contributed by atoms with Gasteiger partial charge >= 0.3 is 0 Å². The number of rotatable bonds is 4. The monoisotopic (exact) mass is 310 g/mol. The molecule has 0 spiro atoms. The van der Waals surface area contributed by atoms with E-state index in [2.05, 4.69) is 25.3 Å². The Bertz CT molecular complexity index is 462. The summed E-state index contributed by atoms with van der Waals surface area (Å²) in [6.45, 7) is 3.66. The predicted octanol–water partition coefficient (Wildman–Crippen LogP) is 1.42. The number of hydrogen-bond donors (Lipinski definition) is 2. The smallest absolute Gasteiger partial charge is 0.242 e. The molecule has 0 bridgehead atoms. The van der Waals surface area contributed by atoms with Crippen molar-refractivity contribution in [2.75, 3.05) is 36.6 Å². The maximum Gasteiger partial charge on any atom is 0.242 e. The van der Waals surface area contributed by atoms with Crippen LogP contribution in [0.15, 0.2) is 5.16 Å². The van der Waals surface area contributed by atoms with Crippen LogP contribution < -0.4 is 16.2 Å². The first-order chi connectivity index (χ1) is 10.3. The summed E-state index contributed by atoms with van der Waals surface area (Å²) in [5.74, 6) is 6.69. The number of aromatic nitrogens is 3. The minimum atomic E-state index is 0.445. The highest BCUT2D eigenvalue weighted by Gasteiger charge is 2.20. The predicted molar refractivity (Wildman–Crippen MR) is 83.4 cm³/mol. The fourth-order valence-corrected chi connectivity index (χ4v) is 3.64. The van der Waals surface area contributed by atoms with Crippen molar-refractivity contribution in [3.8, 4) is 0 Å². The Balaban J connectivity index is 1.75. The number of piperidine rings is 1. The number of nitrogens with one attached hydrogen (secondary N) is 1. The first-order valence-electron chi connectivity index (χ1n) is 7.57. The quantitative estimate of drug-likeness (QED) is 0.637. The summed E-state index contributed by atoms with van der Waals surface area (Å²) in [6, 6.07) is 0. The maximum absolute atomic E-state index is 5.50. The number of hydrazine groups is 1. The number of nitrogens with two attached hydrogens (primary N) is 1. The molecule has 3 rings (SSSR count). The van der Waals surface area contributed by atoms with Crippen LogP contribution in [0.3, 0.4) is 0 Å². The Kier molecular flexibility index (Phi) is 5.10. The average Bonchev–Trinajstić information content (AvgIpc) is 2.56. The molecule has 0 unspecified atom stereocenters. The number of ether oxygens (including phenoxy) is 1. The van der Waals surface area contributed by atoms with Crippen LogP contribution in [0.25, 0.3) is 0 Å². The highest BCUT2D eigenvalue weighted by molar-refractivity contribution is 7.99. The molecule has 2 fully saturated rings. The lowest BCUT2D eigenvalue weighted by molar-refractivity contribution is 0.1000. The first kappa shape index (κ1) is 14.8. The van der Waals surface area contributed by atoms with Crippen molar-refractivity contribution < 1.29 is 4.74 Å². The van der Waals surface area contributed by atoms with Crippen LogP contribution in [0.4, 0.5) is 11.9 Å². The van der Waals surface area contributed by atoms with Crippen LogP contribution in [-0.2, 0) is 4.74 Å². The zero-order valence-electron chi connectivity index (χ0n) is 12.1. The molecule has 0 saturated carbocycles. The van der Waals surface area contributed by atoms with Crippen LogP contribution in [0.5, 0.6) is 0 Å². The van der Waals surface area contributed by atoms with Crippen LogP contribution in [0, 0.1) is 0 Å². The van der Waals surface area contributed by atoms with Crippen LogP contribution >= 0.6 is 11.8 Å². The molecule has 0 aromatic carbocycles. The Morgan fingerprint density at radius 2 is 1.86 bits per heavy atom. The highest BCUT2D eigenvalue weighted by atomic mass is 32.2. The van der Waals surface area contributed by atoms with Crippen LogP contribution in [0.1, 0.15) is 32.1 Å². The molecular weight excluding hydrogens is 288 g/mol. The minimum absolute atomic E-state index is 0.445. The average molecular weight is 310 g/mol. The summed E-state index contributed by atoms with van der Waals surface area (Å²) >= 11 is 1.71. The molecule has 1 aromatic rings. The number of nitrogen functional groups attached to an aromatic ring is 1. The van der Waals surface area contributed by atoms with Gasteiger partial charge in [0.2, 0.25) is 11.9 Å². The van der Waals surface area contributed by atoms with E-state index in [4.69, 9.17) is 10.6 Å². The normalized spacial score (nSPS) is 20.5. The van der Waals surface area contributed by atoms with Crippen molar-refractivity contribution in [2.45, 2.75) is 42.5 Å². The highest BCUT2D eigenvalue weighted by Crippen LogP contribution is 2.29. The molecule has 8 heteroatoms. The second-order valence-corrected chi connectivity index (χ2v) is 6.63. The molecular formula is C13H22N6OS. The van der Waals surface area contributed by atoms with Crippen molar-refractivity contribution in [1.82, 2.24) is 15.0 Å². The van der Waals surface area contributed by atoms with E-state index in [1.165, 1.54) is 19.3 Å². The molecule has 1 aromatic heterocycles. The molecule has 2 aliphatic rings. The van der Waals surface area contributed by atoms with E-state index in [0.29, 0.717) is 11.2 Å². The zero-order valence-corrected chi connectivity index (χ0v) is 12.9. The molecule has 3 N–H and O–H groups in total. The minimum Gasteiger partial charge on any atom is -0.381 e. The zero-order chi connectivity index (χ0) is 14.5. The van der Waals surface area contributed by atoms with Gasteiger partial charge in [0.1, 0.15) is 0 Å². The summed E-state index contributed by atoms with van der Waals surface area (Å²) < 4.78 is 5.39. The van der Waals surface area contributed by atoms with Gasteiger partial charge in [-0.05, 0) is 32.1 Å². The summed E-state index contributed by atoms with van der Waals surface area (Å²) in [7, 11) is 0. The Morgan fingerprint density at radius 3 is 2.57 bits per heavy atom. The van der Waals surface area contributed by atoms with Gasteiger partial charge in [-0.15, -0.1) is 0 Å². The summed E-state index contributed by atoms with van der Waals surface area (Å²) in [5.41, 5.74) is 2.56. The van der Waals surface area contributed by atoms with E-state index in [1.807, 2.05) is 0 Å². The van der Waals surface area contributed by atoms with Gasteiger partial charge in [0.05, 0.1) is 0 Å². The van der Waals surface area contributed by atoms with Gasteiger partial charge < -0.3 is 9.64 Å². The maximum atomic E-state index is 5.50. The van der Waals surface area contributed by atoms with Gasteiger partial charge in [0.25, 0.3) is 0 Å². The SMILES string of the molecule is NNc1nc(SC2CCOCC2)nc(N2CCCCC2)n1. The van der Waals surface area contributed by atoms with E-state index in [-0.39, 0.29) is 0 Å². The second-order valence-electron chi connectivity index (χ2n) is 5.36. The van der Waals surface area contributed by atoms with Gasteiger partial charge in [-0.2, -0.15) is 15.0 Å². The lowest BCUT2D eigenvalue weighted by Crippen LogP contribution is -2.31. The van der Waals surface area contributed by atoms with Crippen molar-refractivity contribution >= 4 is 23.7 Å². The van der Waals surface area contributed by atoms with Crippen LogP contribution in [-0.4, -0.2) is 46.5 Å². The summed E-state index contributed by atoms with van der Waals surface area (Å²) in [6.07, 6.45) is 5.76. The fraction of sp³-hybridized carbons (Fsp3) is 0.769. The van der Waals surface area contributed by atoms with Gasteiger partial charge in [-0.3, -0.25) is 5.43 Å². The van der Waals surface area contributed by atoms with Gasteiger partial charge in [-0.1, -0.05) is 11.8 Å². The molecule has 21 heavy (non-hydrogen) atoms. The standard InChI is InChI=1S/C13H22N6OS/c14-18-11-15-12(19-6-2-1-3-7-19)17-13(16-11)21-10-4-8-20-9-5-10/h10H,1-9,14H2,(H,15,16,17,18). The lowest BCUT2D eigenvalue weighted by Gasteiger charge is -2.27. The number of thioether (sulfide) groups is 1. The van der Waals surface area contributed by atoms with E-state index in [0.717, 1.165) is 50.2 Å². The molecule has 0 aliphatic carbocycles. The Morgan fingerprint density at radius 1 is 1.10 bits per heavy atom. The number of anilines is 2. The third-order valence-corrected chi connectivity index (χ3v) is 5.01. The first-order valence-corrected chi connectivity index (χ1v) is 8.45. The van der Waals surface area contributed by atoms with Crippen LogP contribution in [0.2, 0.25) is 0 Å². The molecule has 0 amide bonds. The summed E-state index contributed by atoms with van der Waals surface area (Å²) in [4.78, 5) is 15.6. The largest absolute Gasteiger partial charge is 0.381 e. The van der Waals surface area contributed by atoms with Crippen molar-refractivity contribution in [1.29, 1.82) is 0 Å². The van der Waals surface area contributed by atoms with Gasteiger partial charge in [0, 0.05) is 31.6 Å². The molecule has 7 nitrogen and oxygen atoms in total. The molecule has 2 aliphatic heterocycles. The van der Waals surface area contributed by atoms with Gasteiger partial charge in [0.15, 0.2) is 5.16 Å². The van der Waals surface area contributed by atoms with Crippen molar-refractivity contribution in [2.24, 2.45) is 5.84 Å². The van der Waals surface area contributed by atoms with Crippen molar-refractivity contribution in [3.05, 3.63) is 0 Å². The number of hydrogen-bond acceptors (Lipinski definition) is 8. The molecule has 116 valence electrons. The molecule has 2 saturated heterocycles. The van der Waals surface area contributed by atoms with E-state index >= 15 is 0 Å². The van der Waals surface area contributed by atoms with Crippen molar-refractivity contribution in [3.63, 3.8) is 0 Å². The summed E-state index contributed by atoms with van der Waals surface area (Å²) in [5, 5.41) is 1.27. The topological polar surface area (TPSA) is 89.2 Å². The second kappa shape index (κ2) is 7.24. The van der Waals surface area contributed by atoms with Gasteiger partial charge in [-0.25, -0.2) is 5.84 Å². The molecule has 0 radical (unpaired) electrons. The number of nitrogens with zero attached hydrogens (tertiary/aromatic N) is 4. The molecule has 3 heterocycles. The van der Waals surface area contributed by atoms with E-state index in [1.54, 1.807) is 11.8 Å². The Hall–Kier alpha value is -1.12. The third-order valence-electron chi connectivity index (χ3n) is 3.81.